The van der Waals surface area contributed by atoms with Crippen LogP contribution in [0.1, 0.15) is 8.27 Å². The van der Waals surface area contributed by atoms with Gasteiger partial charge in [0.2, 0.25) is 5.91 Å². The van der Waals surface area contributed by atoms with Crippen LogP contribution in [0, 0.1) is 0 Å². The molecule has 7 nitrogen and oxygen atoms in total. The van der Waals surface area contributed by atoms with Crippen molar-refractivity contribution < 1.29 is 31.3 Å². The molecular formula is C8H16ClNO6. The zero-order valence-electron chi connectivity index (χ0n) is 9.31. The second-order valence-electron chi connectivity index (χ2n) is 3.32. The second-order valence-corrected chi connectivity index (χ2v) is 3.32. The van der Waals surface area contributed by atoms with Crippen LogP contribution in [0.25, 0.3) is 0 Å². The van der Waals surface area contributed by atoms with Gasteiger partial charge in [0.15, 0.2) is 6.29 Å². The Morgan fingerprint density at radius 1 is 1.44 bits per heavy atom. The molecular weight excluding hydrogens is 242 g/mol. The Hall–Kier alpha value is -0.440. The fourth-order valence-corrected chi connectivity index (χ4v) is 1.44. The Labute approximate surface area is 99.8 Å². The molecule has 1 amide bonds. The SMILES string of the molecule is Cl.[2H]CC(=O)N[C@H]1C(O)O[C@H](CO)[C@@H](O)[C@@H]1O. The van der Waals surface area contributed by atoms with E-state index in [2.05, 4.69) is 5.32 Å². The lowest BCUT2D eigenvalue weighted by Crippen LogP contribution is -2.63. The molecule has 1 saturated heterocycles. The predicted molar refractivity (Wildman–Crippen MR) is 54.8 cm³/mol. The van der Waals surface area contributed by atoms with E-state index < -0.39 is 50.1 Å². The lowest BCUT2D eigenvalue weighted by molar-refractivity contribution is -0.253. The summed E-state index contributed by atoms with van der Waals surface area (Å²) in [5, 5.41) is 39.4. The summed E-state index contributed by atoms with van der Waals surface area (Å²) in [6.45, 7) is -1.12. The van der Waals surface area contributed by atoms with Crippen molar-refractivity contribution in [3.05, 3.63) is 0 Å². The summed E-state index contributed by atoms with van der Waals surface area (Å²) in [7, 11) is 0. The van der Waals surface area contributed by atoms with E-state index in [1.165, 1.54) is 0 Å². The highest BCUT2D eigenvalue weighted by Crippen LogP contribution is 2.19. The van der Waals surface area contributed by atoms with Crippen LogP contribution in [0.3, 0.4) is 0 Å². The maximum atomic E-state index is 10.9. The third-order valence-electron chi connectivity index (χ3n) is 2.23. The molecule has 0 saturated carbocycles. The zero-order valence-corrected chi connectivity index (χ0v) is 9.13. The summed E-state index contributed by atoms with van der Waals surface area (Å²) in [5.74, 6) is -0.707. The number of nitrogens with one attached hydrogen (secondary N) is 1. The third kappa shape index (κ3) is 3.27. The molecule has 1 aliphatic rings. The van der Waals surface area contributed by atoms with Gasteiger partial charge in [-0.25, -0.2) is 0 Å². The molecule has 0 aromatic carbocycles. The molecule has 1 rings (SSSR count). The fourth-order valence-electron chi connectivity index (χ4n) is 1.44. The summed E-state index contributed by atoms with van der Waals surface area (Å²) in [5.41, 5.74) is 0. The average Bonchev–Trinajstić information content (AvgIpc) is 2.28. The lowest BCUT2D eigenvalue weighted by atomic mass is 9.97. The molecule has 1 aliphatic heterocycles. The third-order valence-corrected chi connectivity index (χ3v) is 2.23. The van der Waals surface area contributed by atoms with Gasteiger partial charge in [-0.2, -0.15) is 0 Å². The van der Waals surface area contributed by atoms with Gasteiger partial charge in [0.25, 0.3) is 0 Å². The number of carbonyl (C=O) groups is 1. The van der Waals surface area contributed by atoms with E-state index in [0.717, 1.165) is 0 Å². The van der Waals surface area contributed by atoms with Crippen LogP contribution in [0.15, 0.2) is 0 Å². The van der Waals surface area contributed by atoms with Gasteiger partial charge < -0.3 is 30.5 Å². The van der Waals surface area contributed by atoms with Gasteiger partial charge in [-0.3, -0.25) is 4.79 Å². The Balaban J connectivity index is 0.00000256. The summed E-state index contributed by atoms with van der Waals surface area (Å²) in [6.07, 6.45) is -5.51. The first-order valence-corrected chi connectivity index (χ1v) is 4.40. The second kappa shape index (κ2) is 6.33. The number of ether oxygens (including phenoxy) is 1. The number of aliphatic hydroxyl groups excluding tert-OH is 4. The normalized spacial score (nSPS) is 39.5. The minimum absolute atomic E-state index is 0. The Kier molecular flexibility index (Phi) is 5.39. The minimum atomic E-state index is -1.54. The molecule has 5 atom stereocenters. The van der Waals surface area contributed by atoms with Crippen molar-refractivity contribution in [3.8, 4) is 0 Å². The van der Waals surface area contributed by atoms with Crippen molar-refractivity contribution in [1.29, 1.82) is 0 Å². The first-order valence-electron chi connectivity index (χ1n) is 5.11. The molecule has 0 aromatic rings. The van der Waals surface area contributed by atoms with Crippen LogP contribution in [-0.2, 0) is 9.53 Å². The molecule has 8 heteroatoms. The lowest BCUT2D eigenvalue weighted by Gasteiger charge is -2.40. The summed E-state index contributed by atoms with van der Waals surface area (Å²) < 4.78 is 11.6. The first kappa shape index (κ1) is 13.6. The number of hydrogen-bond donors (Lipinski definition) is 5. The highest BCUT2D eigenvalue weighted by atomic mass is 35.5. The fraction of sp³-hybridized carbons (Fsp3) is 0.875. The van der Waals surface area contributed by atoms with Gasteiger partial charge >= 0.3 is 0 Å². The Bertz CT molecular complexity index is 258. The van der Waals surface area contributed by atoms with Gasteiger partial charge in [0.1, 0.15) is 24.4 Å². The maximum absolute atomic E-state index is 10.9. The molecule has 0 aliphatic carbocycles. The molecule has 1 heterocycles. The van der Waals surface area contributed by atoms with Crippen molar-refractivity contribution in [2.45, 2.75) is 37.5 Å². The largest absolute Gasteiger partial charge is 0.394 e. The topological polar surface area (TPSA) is 119 Å². The van der Waals surface area contributed by atoms with Crippen LogP contribution < -0.4 is 5.32 Å². The molecule has 1 unspecified atom stereocenters. The van der Waals surface area contributed by atoms with Crippen molar-refractivity contribution in [2.24, 2.45) is 0 Å². The summed E-state index contributed by atoms with van der Waals surface area (Å²) >= 11 is 0. The molecule has 16 heavy (non-hydrogen) atoms. The van der Waals surface area contributed by atoms with E-state index in [1.807, 2.05) is 0 Å². The van der Waals surface area contributed by atoms with Crippen molar-refractivity contribution in [1.82, 2.24) is 5.32 Å². The number of aliphatic hydroxyl groups is 4. The molecule has 0 radical (unpaired) electrons. The molecule has 5 N–H and O–H groups in total. The average molecular weight is 259 g/mol. The molecule has 0 bridgehead atoms. The van der Waals surface area contributed by atoms with E-state index in [1.54, 1.807) is 0 Å². The Morgan fingerprint density at radius 2 is 2.06 bits per heavy atom. The number of carbonyl (C=O) groups excluding carboxylic acids is 1. The minimum Gasteiger partial charge on any atom is -0.394 e. The van der Waals surface area contributed by atoms with Gasteiger partial charge in [0, 0.05) is 8.27 Å². The predicted octanol–water partition coefficient (Wildman–Crippen LogP) is -2.66. The first-order chi connectivity index (χ1) is 7.51. The standard InChI is InChI=1S/C8H15NO6.ClH/c1-3(11)9-5-7(13)6(12)4(2-10)15-8(5)14;/h4-8,10,12-14H,2H2,1H3,(H,9,11);1H/t4-,5-,6-,7-,8?;/m1./s1/i1D;. The number of hydrogen-bond acceptors (Lipinski definition) is 6. The summed E-state index contributed by atoms with van der Waals surface area (Å²) in [4.78, 5) is 10.9. The van der Waals surface area contributed by atoms with E-state index in [0.29, 0.717) is 0 Å². The number of halogens is 1. The number of amides is 1. The monoisotopic (exact) mass is 258 g/mol. The van der Waals surface area contributed by atoms with Crippen molar-refractivity contribution >= 4 is 18.3 Å². The smallest absolute Gasteiger partial charge is 0.217 e. The Morgan fingerprint density at radius 3 is 2.56 bits per heavy atom. The van der Waals surface area contributed by atoms with Crippen LogP contribution in [0.4, 0.5) is 0 Å². The van der Waals surface area contributed by atoms with Crippen molar-refractivity contribution in [3.63, 3.8) is 0 Å². The van der Waals surface area contributed by atoms with Gasteiger partial charge in [0.05, 0.1) is 6.61 Å². The summed E-state index contributed by atoms with van der Waals surface area (Å²) in [6, 6.07) is -1.21. The van der Waals surface area contributed by atoms with Gasteiger partial charge in [-0.05, 0) is 0 Å². The van der Waals surface area contributed by atoms with Crippen molar-refractivity contribution in [2.75, 3.05) is 6.61 Å². The van der Waals surface area contributed by atoms with Crippen LogP contribution in [0.5, 0.6) is 0 Å². The van der Waals surface area contributed by atoms with Crippen LogP contribution in [-0.4, -0.2) is 63.6 Å². The van der Waals surface area contributed by atoms with Crippen LogP contribution >= 0.6 is 12.4 Å². The van der Waals surface area contributed by atoms with Gasteiger partial charge in [-0.1, -0.05) is 0 Å². The van der Waals surface area contributed by atoms with E-state index in [9.17, 15) is 20.1 Å². The van der Waals surface area contributed by atoms with Gasteiger partial charge in [-0.15, -0.1) is 12.4 Å². The quantitative estimate of drug-likeness (QED) is 0.369. The zero-order chi connectivity index (χ0) is 12.3. The highest BCUT2D eigenvalue weighted by Gasteiger charge is 2.43. The van der Waals surface area contributed by atoms with E-state index in [-0.39, 0.29) is 12.4 Å². The number of rotatable bonds is 2. The maximum Gasteiger partial charge on any atom is 0.217 e. The molecule has 0 aromatic heterocycles. The van der Waals surface area contributed by atoms with Crippen LogP contribution in [0.2, 0.25) is 0 Å². The van der Waals surface area contributed by atoms with E-state index >= 15 is 0 Å². The van der Waals surface area contributed by atoms with E-state index in [4.69, 9.17) is 11.2 Å². The molecule has 96 valence electrons. The highest BCUT2D eigenvalue weighted by molar-refractivity contribution is 5.85. The molecule has 1 fully saturated rings. The molecule has 0 spiro atoms.